The number of carbonyl (C=O) groups excluding carboxylic acids is 2. The predicted octanol–water partition coefficient (Wildman–Crippen LogP) is 1.69. The molecule has 1 unspecified atom stereocenters. The minimum Gasteiger partial charge on any atom is -0.489 e. The van der Waals surface area contributed by atoms with Crippen LogP contribution in [0.3, 0.4) is 0 Å². The lowest BCUT2D eigenvalue weighted by atomic mass is 10.2. The summed E-state index contributed by atoms with van der Waals surface area (Å²) in [6.07, 6.45) is -0.217. The van der Waals surface area contributed by atoms with Gasteiger partial charge in [-0.15, -0.1) is 12.4 Å². The van der Waals surface area contributed by atoms with E-state index in [1.807, 2.05) is 13.8 Å². The fourth-order valence-electron chi connectivity index (χ4n) is 1.47. The molecular formula is C13H19Cl2N3O3. The third-order valence-corrected chi connectivity index (χ3v) is 2.62. The number of nitrogens with one attached hydrogen (secondary N) is 1. The number of anilines is 1. The number of halogens is 2. The lowest BCUT2D eigenvalue weighted by Gasteiger charge is -2.14. The first kappa shape index (κ1) is 19.5. The maximum atomic E-state index is 11.7. The molecule has 1 aromatic rings. The van der Waals surface area contributed by atoms with Crippen molar-refractivity contribution in [2.24, 2.45) is 11.5 Å². The van der Waals surface area contributed by atoms with E-state index < -0.39 is 17.9 Å². The van der Waals surface area contributed by atoms with E-state index in [2.05, 4.69) is 5.32 Å². The van der Waals surface area contributed by atoms with Crippen LogP contribution in [0.1, 0.15) is 20.3 Å². The molecule has 0 aromatic heterocycles. The van der Waals surface area contributed by atoms with Gasteiger partial charge in [0.15, 0.2) is 0 Å². The predicted molar refractivity (Wildman–Crippen MR) is 84.9 cm³/mol. The summed E-state index contributed by atoms with van der Waals surface area (Å²) >= 11 is 6.04. The van der Waals surface area contributed by atoms with E-state index in [0.29, 0.717) is 16.5 Å². The van der Waals surface area contributed by atoms with Gasteiger partial charge in [-0.1, -0.05) is 11.6 Å². The molecule has 21 heavy (non-hydrogen) atoms. The quantitative estimate of drug-likeness (QED) is 0.735. The van der Waals surface area contributed by atoms with Crippen LogP contribution < -0.4 is 21.5 Å². The number of primary amides is 1. The van der Waals surface area contributed by atoms with Crippen molar-refractivity contribution in [2.75, 3.05) is 5.32 Å². The Labute approximate surface area is 134 Å². The molecule has 0 saturated carbocycles. The molecule has 0 fully saturated rings. The minimum atomic E-state index is -0.988. The van der Waals surface area contributed by atoms with Gasteiger partial charge in [0.1, 0.15) is 5.75 Å². The summed E-state index contributed by atoms with van der Waals surface area (Å²) in [5.74, 6) is -0.607. The number of nitrogens with two attached hydrogens (primary N) is 2. The summed E-state index contributed by atoms with van der Waals surface area (Å²) in [5, 5.41) is 2.93. The lowest BCUT2D eigenvalue weighted by molar-refractivity contribution is -0.123. The molecule has 118 valence electrons. The zero-order valence-corrected chi connectivity index (χ0v) is 13.3. The highest BCUT2D eigenvalue weighted by atomic mass is 35.5. The number of carbonyl (C=O) groups is 2. The van der Waals surface area contributed by atoms with Crippen molar-refractivity contribution in [1.29, 1.82) is 0 Å². The van der Waals surface area contributed by atoms with Crippen molar-refractivity contribution in [3.63, 3.8) is 0 Å². The van der Waals surface area contributed by atoms with Crippen LogP contribution in [0.4, 0.5) is 5.69 Å². The van der Waals surface area contributed by atoms with Crippen molar-refractivity contribution >= 4 is 41.5 Å². The Morgan fingerprint density at radius 1 is 1.38 bits per heavy atom. The molecule has 1 atom stereocenters. The molecule has 0 heterocycles. The largest absolute Gasteiger partial charge is 0.489 e. The lowest BCUT2D eigenvalue weighted by Crippen LogP contribution is -2.38. The first-order valence-electron chi connectivity index (χ1n) is 6.10. The Kier molecular flexibility index (Phi) is 8.09. The first-order valence-corrected chi connectivity index (χ1v) is 6.48. The molecule has 0 aliphatic carbocycles. The van der Waals surface area contributed by atoms with Gasteiger partial charge in [0.05, 0.1) is 23.6 Å². The van der Waals surface area contributed by atoms with E-state index in [1.54, 1.807) is 18.2 Å². The van der Waals surface area contributed by atoms with Gasteiger partial charge in [-0.2, -0.15) is 0 Å². The van der Waals surface area contributed by atoms with Crippen LogP contribution in [0.2, 0.25) is 5.02 Å². The molecule has 0 spiro atoms. The standard InChI is InChI=1S/C13H18ClN3O3.ClH/c1-7(2)20-11-4-3-8(5-9(11)14)17-13(19)10(15)6-12(16)18;/h3-5,7,10H,6,15H2,1-2H3,(H2,16,18)(H,17,19);1H. The fourth-order valence-corrected chi connectivity index (χ4v) is 1.70. The SMILES string of the molecule is CC(C)Oc1ccc(NC(=O)C(N)CC(N)=O)cc1Cl.Cl. The van der Waals surface area contributed by atoms with E-state index >= 15 is 0 Å². The Balaban J connectivity index is 0.00000400. The maximum Gasteiger partial charge on any atom is 0.241 e. The van der Waals surface area contributed by atoms with Gasteiger partial charge in [-0.3, -0.25) is 9.59 Å². The molecule has 1 rings (SSSR count). The van der Waals surface area contributed by atoms with E-state index in [9.17, 15) is 9.59 Å². The summed E-state index contributed by atoms with van der Waals surface area (Å²) in [4.78, 5) is 22.4. The Bertz CT molecular complexity index is 509. The van der Waals surface area contributed by atoms with Crippen LogP contribution >= 0.6 is 24.0 Å². The van der Waals surface area contributed by atoms with E-state index in [0.717, 1.165) is 0 Å². The summed E-state index contributed by atoms with van der Waals surface area (Å²) in [7, 11) is 0. The van der Waals surface area contributed by atoms with E-state index in [1.165, 1.54) is 0 Å². The number of rotatable bonds is 6. The Morgan fingerprint density at radius 2 is 2.00 bits per heavy atom. The van der Waals surface area contributed by atoms with Crippen molar-refractivity contribution in [3.05, 3.63) is 23.2 Å². The third-order valence-electron chi connectivity index (χ3n) is 2.32. The van der Waals surface area contributed by atoms with Gasteiger partial charge >= 0.3 is 0 Å². The Morgan fingerprint density at radius 3 is 2.48 bits per heavy atom. The molecule has 0 bridgehead atoms. The molecular weight excluding hydrogens is 317 g/mol. The number of amides is 2. The highest BCUT2D eigenvalue weighted by molar-refractivity contribution is 6.32. The summed E-state index contributed by atoms with van der Waals surface area (Å²) in [5.41, 5.74) is 11.0. The second-order valence-corrected chi connectivity index (χ2v) is 4.99. The topological polar surface area (TPSA) is 107 Å². The van der Waals surface area contributed by atoms with Crippen LogP contribution in [0.25, 0.3) is 0 Å². The molecule has 1 aromatic carbocycles. The average molecular weight is 336 g/mol. The van der Waals surface area contributed by atoms with Crippen molar-refractivity contribution in [3.8, 4) is 5.75 Å². The zero-order chi connectivity index (χ0) is 15.3. The Hall–Kier alpha value is -1.50. The van der Waals surface area contributed by atoms with Crippen LogP contribution in [-0.2, 0) is 9.59 Å². The highest BCUT2D eigenvalue weighted by Gasteiger charge is 2.16. The van der Waals surface area contributed by atoms with E-state index in [4.69, 9.17) is 27.8 Å². The number of hydrogen-bond donors (Lipinski definition) is 3. The molecule has 8 heteroatoms. The molecule has 6 nitrogen and oxygen atoms in total. The van der Waals surface area contributed by atoms with Gasteiger partial charge in [-0.05, 0) is 32.0 Å². The normalized spacial score (nSPS) is 11.5. The van der Waals surface area contributed by atoms with E-state index in [-0.39, 0.29) is 24.9 Å². The monoisotopic (exact) mass is 335 g/mol. The summed E-state index contributed by atoms with van der Waals surface area (Å²) < 4.78 is 5.47. The molecule has 0 aliphatic heterocycles. The average Bonchev–Trinajstić information content (AvgIpc) is 2.31. The molecule has 0 radical (unpaired) electrons. The van der Waals surface area contributed by atoms with Gasteiger partial charge in [0.2, 0.25) is 11.8 Å². The number of hydrogen-bond acceptors (Lipinski definition) is 4. The summed E-state index contributed by atoms with van der Waals surface area (Å²) in [6, 6.07) is 3.85. The van der Waals surface area contributed by atoms with Crippen LogP contribution in [0, 0.1) is 0 Å². The van der Waals surface area contributed by atoms with Crippen LogP contribution in [-0.4, -0.2) is 24.0 Å². The number of benzene rings is 1. The molecule has 0 saturated heterocycles. The van der Waals surface area contributed by atoms with Crippen molar-refractivity contribution in [2.45, 2.75) is 32.4 Å². The van der Waals surface area contributed by atoms with Crippen LogP contribution in [0.15, 0.2) is 18.2 Å². The fraction of sp³-hybridized carbons (Fsp3) is 0.385. The molecule has 2 amide bonds. The second-order valence-electron chi connectivity index (χ2n) is 4.58. The smallest absolute Gasteiger partial charge is 0.241 e. The minimum absolute atomic E-state index is 0. The second kappa shape index (κ2) is 8.71. The molecule has 5 N–H and O–H groups in total. The highest BCUT2D eigenvalue weighted by Crippen LogP contribution is 2.28. The third kappa shape index (κ3) is 6.66. The van der Waals surface area contributed by atoms with Gasteiger partial charge in [-0.25, -0.2) is 0 Å². The molecule has 0 aliphatic rings. The zero-order valence-electron chi connectivity index (χ0n) is 11.8. The van der Waals surface area contributed by atoms with Crippen molar-refractivity contribution in [1.82, 2.24) is 0 Å². The van der Waals surface area contributed by atoms with Gasteiger partial charge in [0, 0.05) is 5.69 Å². The maximum absolute atomic E-state index is 11.7. The summed E-state index contributed by atoms with van der Waals surface area (Å²) in [6.45, 7) is 3.77. The van der Waals surface area contributed by atoms with Crippen LogP contribution in [0.5, 0.6) is 5.75 Å². The van der Waals surface area contributed by atoms with Crippen molar-refractivity contribution < 1.29 is 14.3 Å². The number of ether oxygens (including phenoxy) is 1. The van der Waals surface area contributed by atoms with Gasteiger partial charge in [0.25, 0.3) is 0 Å². The first-order chi connectivity index (χ1) is 9.29. The van der Waals surface area contributed by atoms with Gasteiger partial charge < -0.3 is 21.5 Å².